The second-order valence-corrected chi connectivity index (χ2v) is 7.79. The SMILES string of the molecule is CC(=O)c1ccc2c(c1)c1cc(C(C)=O)ccc1n2CCC1CCCN1C. The third-order valence-electron chi connectivity index (χ3n) is 6.04. The molecule has 2 aromatic carbocycles. The molecule has 27 heavy (non-hydrogen) atoms. The van der Waals surface area contributed by atoms with E-state index in [1.54, 1.807) is 13.8 Å². The van der Waals surface area contributed by atoms with E-state index in [4.69, 9.17) is 0 Å². The third kappa shape index (κ3) is 3.19. The fraction of sp³-hybridized carbons (Fsp3) is 0.391. The van der Waals surface area contributed by atoms with E-state index in [1.807, 2.05) is 24.3 Å². The number of ketones is 2. The van der Waals surface area contributed by atoms with Crippen LogP contribution in [0.2, 0.25) is 0 Å². The van der Waals surface area contributed by atoms with Crippen LogP contribution in [0.4, 0.5) is 0 Å². The van der Waals surface area contributed by atoms with E-state index < -0.39 is 0 Å². The lowest BCUT2D eigenvalue weighted by Gasteiger charge is -2.20. The first kappa shape index (κ1) is 17.9. The molecule has 1 unspecified atom stereocenters. The summed E-state index contributed by atoms with van der Waals surface area (Å²) in [6.45, 7) is 5.31. The van der Waals surface area contributed by atoms with E-state index >= 15 is 0 Å². The second-order valence-electron chi connectivity index (χ2n) is 7.79. The Balaban J connectivity index is 1.85. The van der Waals surface area contributed by atoms with Gasteiger partial charge in [-0.1, -0.05) is 0 Å². The van der Waals surface area contributed by atoms with Crippen LogP contribution in [0, 0.1) is 0 Å². The average molecular weight is 362 g/mol. The standard InChI is InChI=1S/C23H26N2O2/c1-15(26)17-6-8-22-20(13-17)21-14-18(16(2)27)7-9-23(21)25(22)12-10-19-5-4-11-24(19)3/h6-9,13-14,19H,4-5,10-12H2,1-3H3. The second kappa shape index (κ2) is 6.93. The van der Waals surface area contributed by atoms with Crippen LogP contribution in [0.1, 0.15) is 53.8 Å². The number of aromatic nitrogens is 1. The number of rotatable bonds is 5. The topological polar surface area (TPSA) is 42.3 Å². The average Bonchev–Trinajstić information content (AvgIpc) is 3.19. The number of fused-ring (bicyclic) bond motifs is 3. The molecule has 0 bridgehead atoms. The van der Waals surface area contributed by atoms with Crippen LogP contribution in [-0.4, -0.2) is 40.7 Å². The van der Waals surface area contributed by atoms with Gasteiger partial charge in [-0.05, 0) is 83.1 Å². The largest absolute Gasteiger partial charge is 0.340 e. The first-order valence-corrected chi connectivity index (χ1v) is 9.74. The van der Waals surface area contributed by atoms with Gasteiger partial charge in [0, 0.05) is 45.5 Å². The van der Waals surface area contributed by atoms with Gasteiger partial charge in [0.05, 0.1) is 0 Å². The van der Waals surface area contributed by atoms with Gasteiger partial charge < -0.3 is 9.47 Å². The van der Waals surface area contributed by atoms with Gasteiger partial charge in [0.25, 0.3) is 0 Å². The third-order valence-corrected chi connectivity index (χ3v) is 6.04. The minimum atomic E-state index is 0.0631. The highest BCUT2D eigenvalue weighted by molar-refractivity contribution is 6.12. The molecule has 0 radical (unpaired) electrons. The summed E-state index contributed by atoms with van der Waals surface area (Å²) in [5.74, 6) is 0.126. The normalized spacial score (nSPS) is 17.8. The molecule has 0 saturated carbocycles. The highest BCUT2D eigenvalue weighted by atomic mass is 16.1. The number of carbonyl (C=O) groups excluding carboxylic acids is 2. The summed E-state index contributed by atoms with van der Waals surface area (Å²) >= 11 is 0. The van der Waals surface area contributed by atoms with Crippen molar-refractivity contribution in [2.75, 3.05) is 13.6 Å². The van der Waals surface area contributed by atoms with Crippen LogP contribution < -0.4 is 0 Å². The first-order valence-electron chi connectivity index (χ1n) is 9.74. The number of likely N-dealkylation sites (tertiary alicyclic amines) is 1. The van der Waals surface area contributed by atoms with E-state index in [-0.39, 0.29) is 11.6 Å². The van der Waals surface area contributed by atoms with Crippen LogP contribution in [0.5, 0.6) is 0 Å². The Bertz CT molecular complexity index is 976. The molecule has 0 aliphatic carbocycles. The first-order chi connectivity index (χ1) is 13.0. The van der Waals surface area contributed by atoms with E-state index in [9.17, 15) is 9.59 Å². The number of aryl methyl sites for hydroxylation is 1. The molecule has 4 nitrogen and oxygen atoms in total. The lowest BCUT2D eigenvalue weighted by Crippen LogP contribution is -2.26. The molecule has 4 rings (SSSR count). The smallest absolute Gasteiger partial charge is 0.159 e. The molecule has 1 aliphatic rings. The van der Waals surface area contributed by atoms with Gasteiger partial charge >= 0.3 is 0 Å². The maximum Gasteiger partial charge on any atom is 0.159 e. The van der Waals surface area contributed by atoms with Crippen molar-refractivity contribution in [2.24, 2.45) is 0 Å². The fourth-order valence-electron chi connectivity index (χ4n) is 4.41. The number of hydrogen-bond donors (Lipinski definition) is 0. The lowest BCUT2D eigenvalue weighted by atomic mass is 10.0. The van der Waals surface area contributed by atoms with Gasteiger partial charge in [0.1, 0.15) is 0 Å². The molecule has 1 aromatic heterocycles. The predicted octanol–water partition coefficient (Wildman–Crippen LogP) is 4.68. The lowest BCUT2D eigenvalue weighted by molar-refractivity contribution is 0.100. The Labute approximate surface area is 159 Å². The quantitative estimate of drug-likeness (QED) is 0.619. The Morgan fingerprint density at radius 2 is 1.52 bits per heavy atom. The van der Waals surface area contributed by atoms with Crippen LogP contribution in [0.25, 0.3) is 21.8 Å². The van der Waals surface area contributed by atoms with Crippen molar-refractivity contribution in [3.05, 3.63) is 47.5 Å². The molecule has 1 aliphatic heterocycles. The molecule has 2 heterocycles. The van der Waals surface area contributed by atoms with Gasteiger partial charge in [-0.3, -0.25) is 9.59 Å². The maximum absolute atomic E-state index is 11.9. The summed E-state index contributed by atoms with van der Waals surface area (Å²) in [6.07, 6.45) is 3.65. The summed E-state index contributed by atoms with van der Waals surface area (Å²) < 4.78 is 2.35. The number of nitrogens with zero attached hydrogens (tertiary/aromatic N) is 2. The zero-order valence-electron chi connectivity index (χ0n) is 16.3. The van der Waals surface area contributed by atoms with Crippen LogP contribution in [-0.2, 0) is 6.54 Å². The van der Waals surface area contributed by atoms with Gasteiger partial charge in [-0.15, -0.1) is 0 Å². The molecular weight excluding hydrogens is 336 g/mol. The van der Waals surface area contributed by atoms with Gasteiger partial charge in [-0.25, -0.2) is 0 Å². The van der Waals surface area contributed by atoms with Crippen LogP contribution in [0.3, 0.4) is 0 Å². The van der Waals surface area contributed by atoms with Crippen molar-refractivity contribution in [1.29, 1.82) is 0 Å². The van der Waals surface area contributed by atoms with Crippen molar-refractivity contribution < 1.29 is 9.59 Å². The Morgan fingerprint density at radius 3 is 1.96 bits per heavy atom. The maximum atomic E-state index is 11.9. The van der Waals surface area contributed by atoms with Gasteiger partial charge in [-0.2, -0.15) is 0 Å². The molecule has 1 fully saturated rings. The van der Waals surface area contributed by atoms with Gasteiger partial charge in [0.2, 0.25) is 0 Å². The highest BCUT2D eigenvalue weighted by Gasteiger charge is 2.21. The minimum absolute atomic E-state index is 0.0631. The number of Topliss-reactive ketones (excluding diaryl/α,β-unsaturated/α-hetero) is 2. The monoisotopic (exact) mass is 362 g/mol. The van der Waals surface area contributed by atoms with Crippen molar-refractivity contribution in [2.45, 2.75) is 45.7 Å². The van der Waals surface area contributed by atoms with E-state index in [1.165, 1.54) is 19.4 Å². The molecule has 0 spiro atoms. The molecule has 140 valence electrons. The number of carbonyl (C=O) groups is 2. The van der Waals surface area contributed by atoms with Crippen molar-refractivity contribution in [1.82, 2.24) is 9.47 Å². The molecule has 3 aromatic rings. The molecular formula is C23H26N2O2. The molecule has 4 heteroatoms. The molecule has 1 saturated heterocycles. The van der Waals surface area contributed by atoms with Crippen LogP contribution in [0.15, 0.2) is 36.4 Å². The Kier molecular flexibility index (Phi) is 4.60. The summed E-state index contributed by atoms with van der Waals surface area (Å²) in [6, 6.07) is 12.5. The summed E-state index contributed by atoms with van der Waals surface area (Å²) in [5.41, 5.74) is 3.70. The van der Waals surface area contributed by atoms with Crippen LogP contribution >= 0.6 is 0 Å². The molecule has 0 N–H and O–H groups in total. The Morgan fingerprint density at radius 1 is 0.963 bits per heavy atom. The highest BCUT2D eigenvalue weighted by Crippen LogP contribution is 2.32. The molecule has 1 atom stereocenters. The molecule has 0 amide bonds. The summed E-state index contributed by atoms with van der Waals surface area (Å²) in [7, 11) is 2.21. The zero-order valence-corrected chi connectivity index (χ0v) is 16.3. The van der Waals surface area contributed by atoms with Crippen molar-refractivity contribution >= 4 is 33.4 Å². The van der Waals surface area contributed by atoms with E-state index in [0.29, 0.717) is 17.2 Å². The summed E-state index contributed by atoms with van der Waals surface area (Å²) in [5, 5.41) is 2.11. The minimum Gasteiger partial charge on any atom is -0.340 e. The Hall–Kier alpha value is -2.46. The van der Waals surface area contributed by atoms with E-state index in [2.05, 4.69) is 28.6 Å². The fourth-order valence-corrected chi connectivity index (χ4v) is 4.41. The van der Waals surface area contributed by atoms with Gasteiger partial charge in [0.15, 0.2) is 11.6 Å². The summed E-state index contributed by atoms with van der Waals surface area (Å²) in [4.78, 5) is 26.2. The number of hydrogen-bond acceptors (Lipinski definition) is 3. The predicted molar refractivity (Wildman–Crippen MR) is 110 cm³/mol. The van der Waals surface area contributed by atoms with E-state index in [0.717, 1.165) is 34.8 Å². The zero-order chi connectivity index (χ0) is 19.1. The van der Waals surface area contributed by atoms with Crippen molar-refractivity contribution in [3.8, 4) is 0 Å². The van der Waals surface area contributed by atoms with Crippen molar-refractivity contribution in [3.63, 3.8) is 0 Å². The number of benzene rings is 2.